The molecule has 0 aliphatic carbocycles. The fraction of sp³-hybridized carbons (Fsp3) is 0.500. The van der Waals surface area contributed by atoms with E-state index in [2.05, 4.69) is 11.9 Å². The first-order valence-corrected chi connectivity index (χ1v) is 7.04. The van der Waals surface area contributed by atoms with Gasteiger partial charge in [-0.1, -0.05) is 19.6 Å². The van der Waals surface area contributed by atoms with Crippen molar-refractivity contribution in [2.24, 2.45) is 0 Å². The number of rotatable bonds is 8. The summed E-state index contributed by atoms with van der Waals surface area (Å²) in [6.45, 7) is 7.04. The van der Waals surface area contributed by atoms with Gasteiger partial charge in [0.15, 0.2) is 0 Å². The largest absolute Gasteiger partial charge is 0.461 e. The number of esters is 1. The minimum absolute atomic E-state index is 0.244. The molecule has 0 saturated carbocycles. The Balaban J connectivity index is 4.32. The van der Waals surface area contributed by atoms with Crippen molar-refractivity contribution in [3.05, 3.63) is 23.6 Å². The molecular formula is C12H18ClNO3S. The quantitative estimate of drug-likeness (QED) is 0.323. The SMILES string of the molecule is C=C/C=C(\SCCl)C(=O)NCC(CC)OC(C)=O. The number of carbonyl (C=O) groups is 2. The second kappa shape index (κ2) is 10.0. The van der Waals surface area contributed by atoms with Gasteiger partial charge in [-0.05, 0) is 12.5 Å². The number of alkyl halides is 1. The summed E-state index contributed by atoms with van der Waals surface area (Å²) in [7, 11) is 0. The lowest BCUT2D eigenvalue weighted by Gasteiger charge is -2.16. The standard InChI is InChI=1S/C12H18ClNO3S/c1-4-6-11(18-8-13)12(16)14-7-10(5-2)17-9(3)15/h4,6,10H,1,5,7-8H2,2-3H3,(H,14,16)/b11-6-. The number of thioether (sulfide) groups is 1. The molecule has 18 heavy (non-hydrogen) atoms. The molecule has 1 N–H and O–H groups in total. The lowest BCUT2D eigenvalue weighted by atomic mass is 10.2. The zero-order valence-electron chi connectivity index (χ0n) is 10.6. The van der Waals surface area contributed by atoms with Crippen LogP contribution in [0.2, 0.25) is 0 Å². The van der Waals surface area contributed by atoms with Gasteiger partial charge in [0.25, 0.3) is 5.91 Å². The molecule has 0 saturated heterocycles. The van der Waals surface area contributed by atoms with Gasteiger partial charge in [-0.15, -0.1) is 23.4 Å². The van der Waals surface area contributed by atoms with Crippen LogP contribution >= 0.6 is 23.4 Å². The first kappa shape index (κ1) is 17.1. The summed E-state index contributed by atoms with van der Waals surface area (Å²) in [6.07, 6.45) is 3.45. The second-order valence-electron chi connectivity index (χ2n) is 3.37. The summed E-state index contributed by atoms with van der Waals surface area (Å²) < 4.78 is 5.02. The Kier molecular flexibility index (Phi) is 9.50. The Morgan fingerprint density at radius 2 is 2.22 bits per heavy atom. The fourth-order valence-electron chi connectivity index (χ4n) is 1.15. The van der Waals surface area contributed by atoms with Gasteiger partial charge in [0.05, 0.1) is 16.7 Å². The van der Waals surface area contributed by atoms with Crippen LogP contribution in [0.25, 0.3) is 0 Å². The van der Waals surface area contributed by atoms with Crippen LogP contribution in [0.3, 0.4) is 0 Å². The highest BCUT2D eigenvalue weighted by Crippen LogP contribution is 2.17. The number of halogens is 1. The van der Waals surface area contributed by atoms with Gasteiger partial charge in [0, 0.05) is 6.92 Å². The van der Waals surface area contributed by atoms with Crippen molar-refractivity contribution in [2.45, 2.75) is 26.4 Å². The molecule has 0 spiro atoms. The molecule has 1 unspecified atom stereocenters. The molecule has 0 heterocycles. The Morgan fingerprint density at radius 1 is 1.56 bits per heavy atom. The summed E-state index contributed by atoms with van der Waals surface area (Å²) in [4.78, 5) is 23.1. The van der Waals surface area contributed by atoms with E-state index in [4.69, 9.17) is 16.3 Å². The van der Waals surface area contributed by atoms with Crippen LogP contribution in [0.5, 0.6) is 0 Å². The third-order valence-corrected chi connectivity index (χ3v) is 3.05. The molecule has 1 atom stereocenters. The van der Waals surface area contributed by atoms with Crippen LogP contribution < -0.4 is 5.32 Å². The molecule has 0 fully saturated rings. The highest BCUT2D eigenvalue weighted by Gasteiger charge is 2.13. The van der Waals surface area contributed by atoms with E-state index in [9.17, 15) is 9.59 Å². The zero-order valence-corrected chi connectivity index (χ0v) is 12.1. The lowest BCUT2D eigenvalue weighted by Crippen LogP contribution is -2.34. The minimum Gasteiger partial charge on any atom is -0.461 e. The number of allylic oxidation sites excluding steroid dienone is 2. The number of hydrogen-bond acceptors (Lipinski definition) is 4. The maximum Gasteiger partial charge on any atom is 0.302 e. The Bertz CT molecular complexity index is 331. The maximum atomic E-state index is 11.8. The van der Waals surface area contributed by atoms with Gasteiger partial charge < -0.3 is 10.1 Å². The van der Waals surface area contributed by atoms with Crippen molar-refractivity contribution < 1.29 is 14.3 Å². The van der Waals surface area contributed by atoms with Crippen molar-refractivity contribution in [2.75, 3.05) is 11.8 Å². The summed E-state index contributed by atoms with van der Waals surface area (Å²) >= 11 is 6.79. The van der Waals surface area contributed by atoms with E-state index < -0.39 is 0 Å². The van der Waals surface area contributed by atoms with Crippen molar-refractivity contribution in [1.29, 1.82) is 0 Å². The summed E-state index contributed by atoms with van der Waals surface area (Å²) in [5.41, 5.74) is 0. The van der Waals surface area contributed by atoms with Crippen LogP contribution in [0.1, 0.15) is 20.3 Å². The predicted octanol–water partition coefficient (Wildman–Crippen LogP) is 2.44. The highest BCUT2D eigenvalue weighted by molar-refractivity contribution is 8.04. The van der Waals surface area contributed by atoms with Crippen LogP contribution in [-0.4, -0.2) is 29.7 Å². The van der Waals surface area contributed by atoms with Gasteiger partial charge in [-0.3, -0.25) is 9.59 Å². The molecule has 4 nitrogen and oxygen atoms in total. The number of hydrogen-bond donors (Lipinski definition) is 1. The maximum absolute atomic E-state index is 11.8. The molecule has 102 valence electrons. The van der Waals surface area contributed by atoms with E-state index >= 15 is 0 Å². The number of carbonyl (C=O) groups excluding carboxylic acids is 2. The topological polar surface area (TPSA) is 55.4 Å². The fourth-order valence-corrected chi connectivity index (χ4v) is 2.02. The predicted molar refractivity (Wildman–Crippen MR) is 75.4 cm³/mol. The zero-order chi connectivity index (χ0) is 14.0. The third kappa shape index (κ3) is 7.40. The van der Waals surface area contributed by atoms with E-state index in [0.717, 1.165) is 0 Å². The highest BCUT2D eigenvalue weighted by atomic mass is 35.5. The van der Waals surface area contributed by atoms with Gasteiger partial charge in [0.2, 0.25) is 0 Å². The third-order valence-electron chi connectivity index (χ3n) is 1.98. The molecule has 0 aromatic heterocycles. The molecule has 6 heteroatoms. The molecule has 0 aliphatic rings. The van der Waals surface area contributed by atoms with E-state index in [1.165, 1.54) is 24.8 Å². The van der Waals surface area contributed by atoms with E-state index in [0.29, 0.717) is 11.3 Å². The average molecular weight is 292 g/mol. The number of ether oxygens (including phenoxy) is 1. The van der Waals surface area contributed by atoms with Crippen LogP contribution in [0, 0.1) is 0 Å². The van der Waals surface area contributed by atoms with Crippen molar-refractivity contribution in [1.82, 2.24) is 5.32 Å². The molecule has 1 amide bonds. The Hall–Kier alpha value is -0.940. The number of amides is 1. The van der Waals surface area contributed by atoms with Gasteiger partial charge in [-0.25, -0.2) is 0 Å². The second-order valence-corrected chi connectivity index (χ2v) is 4.97. The summed E-state index contributed by atoms with van der Waals surface area (Å²) in [6, 6.07) is 0. The molecule has 0 aromatic rings. The van der Waals surface area contributed by atoms with Crippen molar-refractivity contribution >= 4 is 35.2 Å². The average Bonchev–Trinajstić information content (AvgIpc) is 2.33. The van der Waals surface area contributed by atoms with Gasteiger partial charge in [0.1, 0.15) is 6.10 Å². The summed E-state index contributed by atoms with van der Waals surface area (Å²) in [5.74, 6) is -0.598. The molecule has 0 rings (SSSR count). The van der Waals surface area contributed by atoms with Crippen molar-refractivity contribution in [3.63, 3.8) is 0 Å². The lowest BCUT2D eigenvalue weighted by molar-refractivity contribution is -0.146. The van der Waals surface area contributed by atoms with E-state index in [1.807, 2.05) is 6.92 Å². The van der Waals surface area contributed by atoms with Crippen LogP contribution in [0.4, 0.5) is 0 Å². The molecule has 0 aliphatic heterocycles. The summed E-state index contributed by atoms with van der Waals surface area (Å²) in [5, 5.41) is 2.98. The Morgan fingerprint density at radius 3 is 2.67 bits per heavy atom. The molecule has 0 aromatic carbocycles. The first-order chi connectivity index (χ1) is 8.54. The normalized spacial score (nSPS) is 12.7. The van der Waals surface area contributed by atoms with Gasteiger partial charge >= 0.3 is 5.97 Å². The minimum atomic E-state index is -0.354. The Labute approximate surface area is 117 Å². The molecular weight excluding hydrogens is 274 g/mol. The molecule has 0 bridgehead atoms. The van der Waals surface area contributed by atoms with Crippen molar-refractivity contribution in [3.8, 4) is 0 Å². The van der Waals surface area contributed by atoms with E-state index in [-0.39, 0.29) is 29.7 Å². The van der Waals surface area contributed by atoms with Gasteiger partial charge in [-0.2, -0.15) is 0 Å². The molecule has 0 radical (unpaired) electrons. The van der Waals surface area contributed by atoms with Crippen LogP contribution in [-0.2, 0) is 14.3 Å². The van der Waals surface area contributed by atoms with Crippen LogP contribution in [0.15, 0.2) is 23.6 Å². The number of nitrogens with one attached hydrogen (secondary N) is 1. The monoisotopic (exact) mass is 291 g/mol. The smallest absolute Gasteiger partial charge is 0.302 e. The first-order valence-electron chi connectivity index (χ1n) is 5.52. The van der Waals surface area contributed by atoms with E-state index in [1.54, 1.807) is 6.08 Å².